The van der Waals surface area contributed by atoms with Crippen LogP contribution in [0.5, 0.6) is 0 Å². The Morgan fingerprint density at radius 1 is 0.944 bits per heavy atom. The Labute approximate surface area is 308 Å². The lowest BCUT2D eigenvalue weighted by Gasteiger charge is -2.76. The van der Waals surface area contributed by atoms with E-state index in [4.69, 9.17) is 47.0 Å². The van der Waals surface area contributed by atoms with Crippen LogP contribution in [-0.2, 0) is 71.4 Å². The van der Waals surface area contributed by atoms with Gasteiger partial charge in [-0.15, -0.1) is 0 Å². The lowest BCUT2D eigenvalue weighted by atomic mass is 9.34. The Hall–Kier alpha value is -4.32. The molecule has 4 bridgehead atoms. The summed E-state index contributed by atoms with van der Waals surface area (Å²) in [5.41, 5.74) is -13.2. The number of fused-ring (bicyclic) bond motifs is 4. The minimum absolute atomic E-state index is 0.124. The first-order chi connectivity index (χ1) is 25.1. The van der Waals surface area contributed by atoms with Crippen molar-refractivity contribution in [3.05, 3.63) is 35.8 Å². The van der Waals surface area contributed by atoms with E-state index in [9.17, 15) is 33.9 Å². The van der Waals surface area contributed by atoms with Crippen molar-refractivity contribution in [1.29, 1.82) is 0 Å². The van der Waals surface area contributed by atoms with Crippen LogP contribution in [0.1, 0.15) is 79.9 Å². The van der Waals surface area contributed by atoms with Crippen LogP contribution in [0.2, 0.25) is 0 Å². The summed E-state index contributed by atoms with van der Waals surface area (Å²) in [6.07, 6.45) is -4.04. The van der Waals surface area contributed by atoms with Crippen LogP contribution in [-0.4, -0.2) is 101 Å². The molecule has 4 saturated carbocycles. The Bertz CT molecular complexity index is 1940. The number of carbonyl (C=O) groups is 6. The second-order valence-corrected chi connectivity index (χ2v) is 16.3. The Balaban J connectivity index is 1.53. The van der Waals surface area contributed by atoms with E-state index in [-0.39, 0.29) is 18.4 Å². The van der Waals surface area contributed by atoms with Crippen LogP contribution < -0.4 is 0 Å². The molecule has 17 nitrogen and oxygen atoms in total. The quantitative estimate of drug-likeness (QED) is 0.310. The summed E-state index contributed by atoms with van der Waals surface area (Å²) < 4.78 is 61.6. The van der Waals surface area contributed by atoms with Gasteiger partial charge in [0.15, 0.2) is 11.7 Å². The topological polar surface area (TPSA) is 219 Å². The number of rotatable bonds is 7. The molecule has 6 fully saturated rings. The molecule has 8 rings (SSSR count). The summed E-state index contributed by atoms with van der Waals surface area (Å²) in [6.45, 7) is 10.9. The van der Waals surface area contributed by atoms with E-state index in [0.29, 0.717) is 5.56 Å². The average molecular weight is 759 g/mol. The minimum atomic E-state index is -2.35. The van der Waals surface area contributed by atoms with Crippen molar-refractivity contribution in [3.8, 4) is 0 Å². The molecular weight excluding hydrogens is 716 g/mol. The number of cyclic esters (lactones) is 1. The molecule has 3 aliphatic heterocycles. The molecule has 4 aliphatic carbocycles. The van der Waals surface area contributed by atoms with Crippen molar-refractivity contribution < 1.29 is 80.9 Å². The summed E-state index contributed by atoms with van der Waals surface area (Å²) >= 11 is 0. The Morgan fingerprint density at radius 2 is 1.63 bits per heavy atom. The highest BCUT2D eigenvalue weighted by molar-refractivity contribution is 5.86. The third-order valence-electron chi connectivity index (χ3n) is 13.6. The van der Waals surface area contributed by atoms with Gasteiger partial charge in [-0.2, -0.15) is 0 Å². The standard InChI is InChI=1S/C37H42O17/c1-16(38)47-22-13-35-32(7)25(24(27(43)45-9)48-17(2)39)30(5)15-34(32,44)37(51-19(4)41,28(30)49-18(3)40)29-36(35,54-33(8,52-29)53-35)21-12-23(42)50-26(31(21,22)6)20-10-11-46-14-20/h10-12,14,22,24-26,28-29,44H,13,15H2,1-9H3. The number of carbonyl (C=O) groups excluding carboxylic acids is 6. The van der Waals surface area contributed by atoms with Gasteiger partial charge in [0.25, 0.3) is 5.97 Å². The number of hydrogen-bond acceptors (Lipinski definition) is 17. The average Bonchev–Trinajstić information content (AvgIpc) is 3.83. The van der Waals surface area contributed by atoms with Crippen molar-refractivity contribution in [3.63, 3.8) is 0 Å². The summed E-state index contributed by atoms with van der Waals surface area (Å²) in [5.74, 6) is -8.55. The van der Waals surface area contributed by atoms with E-state index in [1.165, 1.54) is 32.4 Å². The van der Waals surface area contributed by atoms with E-state index < -0.39 is 117 Å². The van der Waals surface area contributed by atoms with Gasteiger partial charge >= 0.3 is 35.8 Å². The van der Waals surface area contributed by atoms with E-state index in [1.54, 1.807) is 26.8 Å². The molecule has 292 valence electrons. The van der Waals surface area contributed by atoms with Crippen LogP contribution >= 0.6 is 0 Å². The summed E-state index contributed by atoms with van der Waals surface area (Å²) in [4.78, 5) is 80.3. The smallest absolute Gasteiger partial charge is 0.347 e. The molecule has 54 heavy (non-hydrogen) atoms. The first kappa shape index (κ1) is 36.6. The maximum Gasteiger partial charge on any atom is 0.347 e. The van der Waals surface area contributed by atoms with E-state index in [1.807, 2.05) is 0 Å². The predicted molar refractivity (Wildman–Crippen MR) is 172 cm³/mol. The number of methoxy groups -OCH3 is 1. The monoisotopic (exact) mass is 758 g/mol. The third-order valence-corrected chi connectivity index (χ3v) is 13.6. The molecular formula is C37H42O17. The van der Waals surface area contributed by atoms with Gasteiger partial charge in [-0.25, -0.2) is 9.59 Å². The van der Waals surface area contributed by atoms with Gasteiger partial charge in [-0.05, 0) is 25.0 Å². The zero-order valence-corrected chi connectivity index (χ0v) is 31.2. The van der Waals surface area contributed by atoms with Crippen molar-refractivity contribution in [2.45, 2.75) is 127 Å². The molecule has 2 saturated heterocycles. The SMILES string of the molecule is COC(=O)C(OC(C)=O)C1C2(C)CC3(O)C(OC(C)=O)(C2OC(C)=O)C2OC4(C)OC25C2=CC(=O)OC(c6ccoc6)C2(C)C(OC(C)=O)CC5(O4)C13C. The van der Waals surface area contributed by atoms with Crippen molar-refractivity contribution in [1.82, 2.24) is 0 Å². The largest absolute Gasteiger partial charge is 0.472 e. The molecule has 1 N–H and O–H groups in total. The normalized spacial score (nSPS) is 47.7. The lowest BCUT2D eigenvalue weighted by molar-refractivity contribution is -0.448. The third kappa shape index (κ3) is 3.78. The first-order valence-electron chi connectivity index (χ1n) is 17.6. The summed E-state index contributed by atoms with van der Waals surface area (Å²) in [5, 5.41) is 13.8. The van der Waals surface area contributed by atoms with Crippen molar-refractivity contribution >= 4 is 35.8 Å². The van der Waals surface area contributed by atoms with Gasteiger partial charge in [0.2, 0.25) is 11.7 Å². The molecule has 0 amide bonds. The van der Waals surface area contributed by atoms with Crippen LogP contribution in [0, 0.1) is 22.2 Å². The fraction of sp³-hybridized carbons (Fsp3) is 0.676. The second kappa shape index (κ2) is 10.7. The zero-order chi connectivity index (χ0) is 39.4. The first-order valence-corrected chi connectivity index (χ1v) is 17.6. The zero-order valence-electron chi connectivity index (χ0n) is 31.2. The number of ether oxygens (including phenoxy) is 9. The highest BCUT2D eigenvalue weighted by Crippen LogP contribution is 2.88. The summed E-state index contributed by atoms with van der Waals surface area (Å²) in [7, 11) is 1.10. The van der Waals surface area contributed by atoms with Gasteiger partial charge < -0.3 is 52.2 Å². The van der Waals surface area contributed by atoms with Gasteiger partial charge in [-0.1, -0.05) is 13.8 Å². The number of furan rings is 1. The van der Waals surface area contributed by atoms with Crippen molar-refractivity contribution in [2.75, 3.05) is 7.11 Å². The minimum Gasteiger partial charge on any atom is -0.472 e. The van der Waals surface area contributed by atoms with Crippen LogP contribution in [0.3, 0.4) is 0 Å². The number of hydrogen-bond donors (Lipinski definition) is 1. The maximum absolute atomic E-state index is 13.9. The lowest BCUT2D eigenvalue weighted by Crippen LogP contribution is -2.94. The molecule has 1 aromatic heterocycles. The van der Waals surface area contributed by atoms with Gasteiger partial charge in [0.05, 0.1) is 25.1 Å². The fourth-order valence-electron chi connectivity index (χ4n) is 12.5. The molecule has 14 atom stereocenters. The Morgan fingerprint density at radius 3 is 2.20 bits per heavy atom. The van der Waals surface area contributed by atoms with Crippen LogP contribution in [0.15, 0.2) is 34.7 Å². The second-order valence-electron chi connectivity index (χ2n) is 16.3. The van der Waals surface area contributed by atoms with E-state index >= 15 is 0 Å². The fourth-order valence-corrected chi connectivity index (χ4v) is 12.5. The van der Waals surface area contributed by atoms with Crippen molar-refractivity contribution in [2.24, 2.45) is 22.2 Å². The number of esters is 6. The summed E-state index contributed by atoms with van der Waals surface area (Å²) in [6, 6.07) is 1.59. The van der Waals surface area contributed by atoms with Crippen LogP contribution in [0.25, 0.3) is 0 Å². The molecule has 1 spiro atoms. The predicted octanol–water partition coefficient (Wildman–Crippen LogP) is 1.87. The van der Waals surface area contributed by atoms with Gasteiger partial charge in [0.1, 0.15) is 29.5 Å². The highest BCUT2D eigenvalue weighted by atomic mass is 17.0. The molecule has 0 radical (unpaired) electrons. The van der Waals surface area contributed by atoms with Gasteiger partial charge in [0, 0.05) is 69.4 Å². The maximum atomic E-state index is 13.9. The van der Waals surface area contributed by atoms with Crippen LogP contribution in [0.4, 0.5) is 0 Å². The molecule has 1 aromatic rings. The van der Waals surface area contributed by atoms with E-state index in [2.05, 4.69) is 0 Å². The highest BCUT2D eigenvalue weighted by Gasteiger charge is 3.04. The molecule has 17 heteroatoms. The molecule has 4 heterocycles. The molecule has 0 aromatic carbocycles. The van der Waals surface area contributed by atoms with E-state index in [0.717, 1.165) is 27.9 Å². The molecule has 7 aliphatic rings. The molecule has 14 unspecified atom stereocenters. The van der Waals surface area contributed by atoms with Gasteiger partial charge in [-0.3, -0.25) is 19.2 Å². The Kier molecular flexibility index (Phi) is 7.26. The number of aliphatic hydroxyl groups is 1.